The van der Waals surface area contributed by atoms with Crippen molar-refractivity contribution in [2.24, 2.45) is 0 Å². The lowest BCUT2D eigenvalue weighted by Gasteiger charge is -2.14. The largest absolute Gasteiger partial charge is 0.416 e. The number of thioether (sulfide) groups is 1. The summed E-state index contributed by atoms with van der Waals surface area (Å²) < 4.78 is 42.6. The highest BCUT2D eigenvalue weighted by Gasteiger charge is 2.31. The molecule has 0 saturated carbocycles. The third kappa shape index (κ3) is 5.84. The van der Waals surface area contributed by atoms with Crippen molar-refractivity contribution in [2.45, 2.75) is 11.3 Å². The van der Waals surface area contributed by atoms with Gasteiger partial charge in [-0.1, -0.05) is 63.6 Å². The number of rotatable bonds is 6. The van der Waals surface area contributed by atoms with Crippen molar-refractivity contribution in [1.29, 1.82) is 0 Å². The zero-order chi connectivity index (χ0) is 24.3. The average Bonchev–Trinajstić information content (AvgIpc) is 3.22. The van der Waals surface area contributed by atoms with Crippen LogP contribution < -0.4 is 5.32 Å². The van der Waals surface area contributed by atoms with E-state index in [0.29, 0.717) is 27.2 Å². The minimum Gasteiger partial charge on any atom is -0.325 e. The Bertz CT molecular complexity index is 1330. The molecule has 0 bridgehead atoms. The monoisotopic (exact) mass is 565 g/mol. The van der Waals surface area contributed by atoms with Crippen LogP contribution in [-0.2, 0) is 11.0 Å². The molecule has 0 aliphatic heterocycles. The Hall–Kier alpha value is -2.75. The normalized spacial score (nSPS) is 11.4. The van der Waals surface area contributed by atoms with Crippen LogP contribution in [0.25, 0.3) is 16.9 Å². The van der Waals surface area contributed by atoms with E-state index in [-0.39, 0.29) is 11.7 Å². The zero-order valence-electron chi connectivity index (χ0n) is 17.3. The van der Waals surface area contributed by atoms with Crippen LogP contribution in [0, 0.1) is 0 Å². The molecule has 0 aliphatic carbocycles. The van der Waals surface area contributed by atoms with Crippen LogP contribution in [0.1, 0.15) is 5.56 Å². The number of nitrogens with zero attached hydrogens (tertiary/aromatic N) is 2. The van der Waals surface area contributed by atoms with E-state index >= 15 is 0 Å². The first-order valence-electron chi connectivity index (χ1n) is 9.90. The molecule has 0 saturated heterocycles. The fraction of sp³-hybridized carbons (Fsp3) is 0.0833. The Morgan fingerprint density at radius 3 is 2.50 bits per heavy atom. The maximum atomic E-state index is 13.4. The van der Waals surface area contributed by atoms with Gasteiger partial charge in [0.1, 0.15) is 0 Å². The van der Waals surface area contributed by atoms with Crippen LogP contribution in [0.3, 0.4) is 0 Å². The van der Waals surface area contributed by atoms with Crippen LogP contribution >= 0.6 is 39.3 Å². The number of hydrogen-bond acceptors (Lipinski definition) is 3. The molecule has 0 aliphatic rings. The molecular formula is C24H16BrClF3N3OS. The third-order valence-electron chi connectivity index (χ3n) is 4.74. The van der Waals surface area contributed by atoms with Crippen LogP contribution in [0.15, 0.2) is 88.6 Å². The summed E-state index contributed by atoms with van der Waals surface area (Å²) >= 11 is 10.5. The van der Waals surface area contributed by atoms with Crippen molar-refractivity contribution in [3.05, 3.63) is 94.1 Å². The number of carbonyl (C=O) groups is 1. The molecule has 10 heteroatoms. The lowest BCUT2D eigenvalue weighted by molar-refractivity contribution is -0.137. The summed E-state index contributed by atoms with van der Waals surface area (Å²) in [5, 5.41) is 3.63. The fourth-order valence-electron chi connectivity index (χ4n) is 3.23. The maximum Gasteiger partial charge on any atom is 0.416 e. The molecule has 34 heavy (non-hydrogen) atoms. The van der Waals surface area contributed by atoms with Crippen molar-refractivity contribution in [1.82, 2.24) is 9.55 Å². The van der Waals surface area contributed by atoms with Crippen LogP contribution in [0.2, 0.25) is 5.02 Å². The smallest absolute Gasteiger partial charge is 0.325 e. The van der Waals surface area contributed by atoms with Crippen molar-refractivity contribution in [3.8, 4) is 16.9 Å². The average molecular weight is 567 g/mol. The Morgan fingerprint density at radius 2 is 1.79 bits per heavy atom. The van der Waals surface area contributed by atoms with E-state index < -0.39 is 11.7 Å². The second-order valence-electron chi connectivity index (χ2n) is 7.16. The fourth-order valence-corrected chi connectivity index (χ4v) is 4.47. The highest BCUT2D eigenvalue weighted by molar-refractivity contribution is 9.10. The quantitative estimate of drug-likeness (QED) is 0.243. The molecule has 0 unspecified atom stereocenters. The van der Waals surface area contributed by atoms with Gasteiger partial charge < -0.3 is 5.32 Å². The van der Waals surface area contributed by atoms with Crippen LogP contribution in [0.4, 0.5) is 18.9 Å². The van der Waals surface area contributed by atoms with Gasteiger partial charge in [0, 0.05) is 26.4 Å². The molecule has 1 heterocycles. The van der Waals surface area contributed by atoms with Gasteiger partial charge in [-0.2, -0.15) is 13.2 Å². The number of hydrogen-bond donors (Lipinski definition) is 1. The van der Waals surface area contributed by atoms with Gasteiger partial charge >= 0.3 is 6.18 Å². The number of amides is 1. The van der Waals surface area contributed by atoms with Gasteiger partial charge in [-0.15, -0.1) is 0 Å². The summed E-state index contributed by atoms with van der Waals surface area (Å²) in [4.78, 5) is 16.9. The first-order valence-corrected chi connectivity index (χ1v) is 12.1. The predicted octanol–water partition coefficient (Wildman–Crippen LogP) is 7.70. The lowest BCUT2D eigenvalue weighted by atomic mass is 10.1. The van der Waals surface area contributed by atoms with E-state index in [2.05, 4.69) is 26.2 Å². The van der Waals surface area contributed by atoms with Gasteiger partial charge in [0.05, 0.1) is 23.2 Å². The molecule has 3 aromatic carbocycles. The standard InChI is InChI=1S/C24H16BrClF3N3OS/c25-17-9-7-15(8-10-17)21-13-30-23(32(21)20-6-1-3-16(11-20)24(27,28)29)34-14-22(33)31-19-5-2-4-18(26)12-19/h1-13H,14H2,(H,31,33). The van der Waals surface area contributed by atoms with Gasteiger partial charge in [0.25, 0.3) is 0 Å². The summed E-state index contributed by atoms with van der Waals surface area (Å²) in [5.74, 6) is -0.293. The molecule has 0 spiro atoms. The highest BCUT2D eigenvalue weighted by atomic mass is 79.9. The lowest BCUT2D eigenvalue weighted by Crippen LogP contribution is -2.14. The van der Waals surface area contributed by atoms with E-state index in [9.17, 15) is 18.0 Å². The number of halogens is 5. The van der Waals surface area contributed by atoms with Crippen molar-refractivity contribution in [3.63, 3.8) is 0 Å². The van der Waals surface area contributed by atoms with Gasteiger partial charge in [0.15, 0.2) is 5.16 Å². The Kier molecular flexibility index (Phi) is 7.35. The van der Waals surface area contributed by atoms with E-state index in [1.807, 2.05) is 24.3 Å². The zero-order valence-corrected chi connectivity index (χ0v) is 20.5. The molecule has 0 fully saturated rings. The van der Waals surface area contributed by atoms with Crippen molar-refractivity contribution in [2.75, 3.05) is 11.1 Å². The Balaban J connectivity index is 1.66. The Morgan fingerprint density at radius 1 is 1.06 bits per heavy atom. The molecular weight excluding hydrogens is 551 g/mol. The van der Waals surface area contributed by atoms with Gasteiger partial charge in [-0.25, -0.2) is 4.98 Å². The summed E-state index contributed by atoms with van der Waals surface area (Å²) in [5.41, 5.74) is 1.45. The molecule has 0 atom stereocenters. The minimum atomic E-state index is -4.49. The SMILES string of the molecule is O=C(CSc1ncc(-c2ccc(Br)cc2)n1-c1cccc(C(F)(F)F)c1)Nc1cccc(Cl)c1. The highest BCUT2D eigenvalue weighted by Crippen LogP contribution is 2.34. The predicted molar refractivity (Wildman–Crippen MR) is 133 cm³/mol. The summed E-state index contributed by atoms with van der Waals surface area (Å²) in [6.07, 6.45) is -2.90. The molecule has 1 N–H and O–H groups in total. The topological polar surface area (TPSA) is 46.9 Å². The minimum absolute atomic E-state index is 0.00225. The maximum absolute atomic E-state index is 13.4. The number of imidazole rings is 1. The number of benzene rings is 3. The summed E-state index contributed by atoms with van der Waals surface area (Å²) in [6.45, 7) is 0. The number of anilines is 1. The molecule has 1 amide bonds. The molecule has 0 radical (unpaired) electrons. The third-order valence-corrected chi connectivity index (χ3v) is 6.46. The van der Waals surface area contributed by atoms with E-state index in [1.54, 1.807) is 41.1 Å². The first kappa shape index (κ1) is 24.4. The first-order chi connectivity index (χ1) is 16.2. The van der Waals surface area contributed by atoms with Crippen molar-refractivity contribution < 1.29 is 18.0 Å². The Labute approximate surface area is 211 Å². The number of nitrogens with one attached hydrogen (secondary N) is 1. The van der Waals surface area contributed by atoms with Crippen molar-refractivity contribution >= 4 is 50.9 Å². The molecule has 1 aromatic heterocycles. The molecule has 4 rings (SSSR count). The van der Waals surface area contributed by atoms with E-state index in [4.69, 9.17) is 11.6 Å². The second-order valence-corrected chi connectivity index (χ2v) is 9.46. The van der Waals surface area contributed by atoms with Gasteiger partial charge in [-0.3, -0.25) is 9.36 Å². The summed E-state index contributed by atoms with van der Waals surface area (Å²) in [7, 11) is 0. The molecule has 4 aromatic rings. The molecule has 174 valence electrons. The second kappa shape index (κ2) is 10.2. The van der Waals surface area contributed by atoms with Gasteiger partial charge in [0.2, 0.25) is 5.91 Å². The van der Waals surface area contributed by atoms with E-state index in [0.717, 1.165) is 33.9 Å². The summed E-state index contributed by atoms with van der Waals surface area (Å²) in [6, 6.07) is 19.1. The molecule has 4 nitrogen and oxygen atoms in total. The van der Waals surface area contributed by atoms with Crippen LogP contribution in [0.5, 0.6) is 0 Å². The number of aromatic nitrogens is 2. The van der Waals surface area contributed by atoms with E-state index in [1.165, 1.54) is 6.07 Å². The number of carbonyl (C=O) groups excluding carboxylic acids is 1. The number of alkyl halides is 3. The van der Waals surface area contributed by atoms with Crippen LogP contribution in [-0.4, -0.2) is 21.2 Å². The van der Waals surface area contributed by atoms with Gasteiger partial charge in [-0.05, 0) is 48.5 Å².